The SMILES string of the molecule is CCCCCCCCCCCCCCCCCC(c1ccccc1)N(c1ccccc1)c1ccccc1. The molecule has 200 valence electrons. The van der Waals surface area contributed by atoms with E-state index in [4.69, 9.17) is 0 Å². The number of benzene rings is 3. The molecular formula is C36H51N. The molecule has 0 N–H and O–H groups in total. The van der Waals surface area contributed by atoms with Crippen LogP contribution in [0.1, 0.15) is 121 Å². The zero-order valence-electron chi connectivity index (χ0n) is 23.5. The molecule has 3 rings (SSSR count). The summed E-state index contributed by atoms with van der Waals surface area (Å²) in [6.45, 7) is 2.30. The molecular weight excluding hydrogens is 446 g/mol. The maximum Gasteiger partial charge on any atom is 0.0591 e. The predicted molar refractivity (Wildman–Crippen MR) is 164 cm³/mol. The van der Waals surface area contributed by atoms with Crippen molar-refractivity contribution in [1.29, 1.82) is 0 Å². The van der Waals surface area contributed by atoms with Gasteiger partial charge in [-0.25, -0.2) is 0 Å². The average Bonchev–Trinajstić information content (AvgIpc) is 2.96. The Morgan fingerprint density at radius 3 is 1.19 bits per heavy atom. The lowest BCUT2D eigenvalue weighted by Gasteiger charge is -2.34. The highest BCUT2D eigenvalue weighted by molar-refractivity contribution is 5.64. The van der Waals surface area contributed by atoms with Crippen LogP contribution in [-0.2, 0) is 0 Å². The Kier molecular flexibility index (Phi) is 14.6. The van der Waals surface area contributed by atoms with Gasteiger partial charge >= 0.3 is 0 Å². The lowest BCUT2D eigenvalue weighted by molar-refractivity contribution is 0.517. The summed E-state index contributed by atoms with van der Waals surface area (Å²) in [4.78, 5) is 2.54. The van der Waals surface area contributed by atoms with E-state index in [0.29, 0.717) is 6.04 Å². The molecule has 0 aromatic heterocycles. The van der Waals surface area contributed by atoms with Crippen LogP contribution in [0.4, 0.5) is 11.4 Å². The highest BCUT2D eigenvalue weighted by atomic mass is 15.2. The maximum absolute atomic E-state index is 2.54. The molecule has 0 amide bonds. The predicted octanol–water partition coefficient (Wildman–Crippen LogP) is 11.8. The van der Waals surface area contributed by atoms with E-state index in [2.05, 4.69) is 103 Å². The third-order valence-electron chi connectivity index (χ3n) is 7.65. The Bertz CT molecular complexity index is 866. The molecule has 37 heavy (non-hydrogen) atoms. The minimum atomic E-state index is 0.341. The summed E-state index contributed by atoms with van der Waals surface area (Å²) in [7, 11) is 0. The first-order valence-electron chi connectivity index (χ1n) is 15.3. The summed E-state index contributed by atoms with van der Waals surface area (Å²) in [5, 5.41) is 0. The Balaban J connectivity index is 1.42. The smallest absolute Gasteiger partial charge is 0.0591 e. The second-order valence-corrected chi connectivity index (χ2v) is 10.7. The van der Waals surface area contributed by atoms with Crippen molar-refractivity contribution in [2.75, 3.05) is 4.90 Å². The maximum atomic E-state index is 2.54. The normalized spacial score (nSPS) is 11.9. The zero-order valence-corrected chi connectivity index (χ0v) is 23.5. The molecule has 0 bridgehead atoms. The summed E-state index contributed by atoms with van der Waals surface area (Å²) >= 11 is 0. The van der Waals surface area contributed by atoms with Crippen molar-refractivity contribution in [1.82, 2.24) is 0 Å². The molecule has 0 fully saturated rings. The molecule has 0 radical (unpaired) electrons. The van der Waals surface area contributed by atoms with Crippen molar-refractivity contribution in [3.8, 4) is 0 Å². The lowest BCUT2D eigenvalue weighted by Crippen LogP contribution is -2.24. The molecule has 0 spiro atoms. The van der Waals surface area contributed by atoms with Crippen molar-refractivity contribution in [3.63, 3.8) is 0 Å². The highest BCUT2D eigenvalue weighted by Crippen LogP contribution is 2.38. The van der Waals surface area contributed by atoms with Gasteiger partial charge in [-0.2, -0.15) is 0 Å². The minimum absolute atomic E-state index is 0.341. The van der Waals surface area contributed by atoms with Gasteiger partial charge in [0.15, 0.2) is 0 Å². The van der Waals surface area contributed by atoms with E-state index in [1.54, 1.807) is 0 Å². The average molecular weight is 498 g/mol. The third kappa shape index (κ3) is 11.2. The first kappa shape index (κ1) is 29.0. The Hall–Kier alpha value is -2.54. The molecule has 1 nitrogen and oxygen atoms in total. The summed E-state index contributed by atoms with van der Waals surface area (Å²) < 4.78 is 0. The molecule has 1 atom stereocenters. The summed E-state index contributed by atoms with van der Waals surface area (Å²) in [6, 6.07) is 33.3. The van der Waals surface area contributed by atoms with Gasteiger partial charge in [-0.3, -0.25) is 0 Å². The Labute approximate surface area is 228 Å². The quantitative estimate of drug-likeness (QED) is 0.140. The topological polar surface area (TPSA) is 3.24 Å². The fourth-order valence-electron chi connectivity index (χ4n) is 5.52. The highest BCUT2D eigenvalue weighted by Gasteiger charge is 2.22. The van der Waals surface area contributed by atoms with Crippen LogP contribution in [0.25, 0.3) is 0 Å². The Morgan fingerprint density at radius 2 is 0.784 bits per heavy atom. The van der Waals surface area contributed by atoms with Gasteiger partial charge in [0.25, 0.3) is 0 Å². The monoisotopic (exact) mass is 497 g/mol. The van der Waals surface area contributed by atoms with Gasteiger partial charge in [0.1, 0.15) is 0 Å². The lowest BCUT2D eigenvalue weighted by atomic mass is 9.96. The van der Waals surface area contributed by atoms with Gasteiger partial charge in [0.2, 0.25) is 0 Å². The summed E-state index contributed by atoms with van der Waals surface area (Å²) in [6.07, 6.45) is 22.3. The van der Waals surface area contributed by atoms with Crippen molar-refractivity contribution in [2.45, 2.75) is 116 Å². The van der Waals surface area contributed by atoms with Crippen LogP contribution in [0, 0.1) is 0 Å². The van der Waals surface area contributed by atoms with Crippen LogP contribution in [0.2, 0.25) is 0 Å². The number of para-hydroxylation sites is 2. The van der Waals surface area contributed by atoms with Crippen molar-refractivity contribution in [2.24, 2.45) is 0 Å². The van der Waals surface area contributed by atoms with Crippen LogP contribution >= 0.6 is 0 Å². The van der Waals surface area contributed by atoms with Crippen LogP contribution in [0.3, 0.4) is 0 Å². The van der Waals surface area contributed by atoms with Crippen LogP contribution < -0.4 is 4.90 Å². The van der Waals surface area contributed by atoms with Gasteiger partial charge in [-0.15, -0.1) is 0 Å². The van der Waals surface area contributed by atoms with E-state index < -0.39 is 0 Å². The summed E-state index contributed by atoms with van der Waals surface area (Å²) in [5.74, 6) is 0. The van der Waals surface area contributed by atoms with E-state index in [1.807, 2.05) is 0 Å². The van der Waals surface area contributed by atoms with E-state index in [9.17, 15) is 0 Å². The van der Waals surface area contributed by atoms with E-state index in [1.165, 1.54) is 120 Å². The summed E-state index contributed by atoms with van der Waals surface area (Å²) in [5.41, 5.74) is 3.94. The number of hydrogen-bond acceptors (Lipinski definition) is 1. The van der Waals surface area contributed by atoms with Gasteiger partial charge < -0.3 is 4.90 Å². The zero-order chi connectivity index (χ0) is 25.8. The molecule has 0 aliphatic rings. The standard InChI is InChI=1S/C36H51N/c1-2-3-4-5-6-7-8-9-10-11-12-13-14-15-25-32-36(33-26-19-16-20-27-33)37(34-28-21-17-22-29-34)35-30-23-18-24-31-35/h16-24,26-31,36H,2-15,25,32H2,1H3. The van der Waals surface area contributed by atoms with Crippen LogP contribution in [0.15, 0.2) is 91.0 Å². The van der Waals surface area contributed by atoms with E-state index >= 15 is 0 Å². The van der Waals surface area contributed by atoms with Crippen LogP contribution in [0.5, 0.6) is 0 Å². The molecule has 1 unspecified atom stereocenters. The van der Waals surface area contributed by atoms with E-state index in [0.717, 1.165) is 0 Å². The van der Waals surface area contributed by atoms with Crippen molar-refractivity contribution < 1.29 is 0 Å². The third-order valence-corrected chi connectivity index (χ3v) is 7.65. The second-order valence-electron chi connectivity index (χ2n) is 10.7. The number of rotatable bonds is 20. The van der Waals surface area contributed by atoms with Crippen LogP contribution in [-0.4, -0.2) is 0 Å². The van der Waals surface area contributed by atoms with Crippen molar-refractivity contribution >= 4 is 11.4 Å². The molecule has 0 saturated carbocycles. The van der Waals surface area contributed by atoms with Gasteiger partial charge in [-0.1, -0.05) is 170 Å². The number of nitrogens with zero attached hydrogens (tertiary/aromatic N) is 1. The second kappa shape index (κ2) is 18.7. The van der Waals surface area contributed by atoms with Crippen molar-refractivity contribution in [3.05, 3.63) is 96.6 Å². The fourth-order valence-corrected chi connectivity index (χ4v) is 5.52. The number of hydrogen-bond donors (Lipinski definition) is 0. The molecule has 3 aromatic rings. The van der Waals surface area contributed by atoms with E-state index in [-0.39, 0.29) is 0 Å². The number of unbranched alkanes of at least 4 members (excludes halogenated alkanes) is 14. The van der Waals surface area contributed by atoms with Gasteiger partial charge in [0, 0.05) is 11.4 Å². The first-order valence-corrected chi connectivity index (χ1v) is 15.3. The molecule has 0 aliphatic carbocycles. The van der Waals surface area contributed by atoms with Gasteiger partial charge in [-0.05, 0) is 36.2 Å². The Morgan fingerprint density at radius 1 is 0.432 bits per heavy atom. The minimum Gasteiger partial charge on any atom is -0.334 e. The molecule has 0 saturated heterocycles. The largest absolute Gasteiger partial charge is 0.334 e. The first-order chi connectivity index (χ1) is 18.4. The fraction of sp³-hybridized carbons (Fsp3) is 0.500. The molecule has 3 aromatic carbocycles. The molecule has 0 aliphatic heterocycles. The molecule has 1 heteroatoms. The van der Waals surface area contributed by atoms with Gasteiger partial charge in [0.05, 0.1) is 6.04 Å². The molecule has 0 heterocycles. The number of anilines is 2.